The van der Waals surface area contributed by atoms with Crippen molar-refractivity contribution in [3.8, 4) is 17.1 Å². The molecule has 7 heteroatoms. The second kappa shape index (κ2) is 8.48. The van der Waals surface area contributed by atoms with Gasteiger partial charge in [-0.3, -0.25) is 4.79 Å². The Balaban J connectivity index is 1.76. The van der Waals surface area contributed by atoms with Gasteiger partial charge < -0.3 is 14.6 Å². The number of benzene rings is 2. The van der Waals surface area contributed by atoms with Crippen LogP contribution in [-0.2, 0) is 13.0 Å². The molecule has 2 heterocycles. The molecule has 0 saturated carbocycles. The summed E-state index contributed by atoms with van der Waals surface area (Å²) in [4.78, 5) is 17.9. The first-order chi connectivity index (χ1) is 14.5. The first-order valence-electron chi connectivity index (χ1n) is 9.98. The normalized spacial score (nSPS) is 13.5. The molecule has 0 fully saturated rings. The molecule has 0 unspecified atom stereocenters. The number of halogens is 2. The summed E-state index contributed by atoms with van der Waals surface area (Å²) in [5.41, 5.74) is 3.28. The van der Waals surface area contributed by atoms with E-state index in [1.54, 1.807) is 18.2 Å². The molecule has 30 heavy (non-hydrogen) atoms. The number of aryl methyl sites for hydroxylation is 1. The highest BCUT2D eigenvalue weighted by Gasteiger charge is 2.25. The molecule has 1 amide bonds. The highest BCUT2D eigenvalue weighted by Crippen LogP contribution is 2.32. The summed E-state index contributed by atoms with van der Waals surface area (Å²) in [6, 6.07) is 9.78. The third-order valence-corrected chi connectivity index (χ3v) is 5.80. The first kappa shape index (κ1) is 20.4. The van der Waals surface area contributed by atoms with Crippen molar-refractivity contribution in [2.45, 2.75) is 39.2 Å². The highest BCUT2D eigenvalue weighted by atomic mass is 35.5. The Labute approximate surface area is 179 Å². The number of nitrogens with one attached hydrogen (secondary N) is 1. The number of aromatic nitrogens is 2. The van der Waals surface area contributed by atoms with Crippen molar-refractivity contribution < 1.29 is 13.9 Å². The van der Waals surface area contributed by atoms with Crippen molar-refractivity contribution in [2.75, 3.05) is 12.4 Å². The molecule has 1 aliphatic rings. The fourth-order valence-corrected chi connectivity index (χ4v) is 4.01. The largest absolute Gasteiger partial charge is 0.495 e. The zero-order chi connectivity index (χ0) is 21.3. The van der Waals surface area contributed by atoms with Crippen LogP contribution in [0.1, 0.15) is 41.0 Å². The van der Waals surface area contributed by atoms with Crippen LogP contribution in [0.5, 0.6) is 5.75 Å². The standard InChI is InChI=1S/C23H23ClFN3O2/c1-14-11-18(20(30-2)13-17(14)24)26-23(29)21-19-9-4-3-5-10-28(19)22(27-21)15-7-6-8-16(25)12-15/h6-8,11-13H,3-5,9-10H2,1-2H3,(H,26,29). The van der Waals surface area contributed by atoms with Gasteiger partial charge in [-0.2, -0.15) is 0 Å². The van der Waals surface area contributed by atoms with Crippen LogP contribution in [0.2, 0.25) is 5.02 Å². The van der Waals surface area contributed by atoms with Gasteiger partial charge in [-0.05, 0) is 49.9 Å². The van der Waals surface area contributed by atoms with E-state index in [0.717, 1.165) is 43.5 Å². The third-order valence-electron chi connectivity index (χ3n) is 5.39. The lowest BCUT2D eigenvalue weighted by Gasteiger charge is -2.12. The maximum absolute atomic E-state index is 13.8. The number of ether oxygens (including phenoxy) is 1. The number of anilines is 1. The topological polar surface area (TPSA) is 56.1 Å². The molecule has 0 bridgehead atoms. The Bertz CT molecular complexity index is 1110. The van der Waals surface area contributed by atoms with Crippen LogP contribution >= 0.6 is 11.6 Å². The number of methoxy groups -OCH3 is 1. The Morgan fingerprint density at radius 1 is 1.23 bits per heavy atom. The molecule has 3 aromatic rings. The Kier molecular flexibility index (Phi) is 5.77. The smallest absolute Gasteiger partial charge is 0.276 e. The maximum Gasteiger partial charge on any atom is 0.276 e. The van der Waals surface area contributed by atoms with E-state index in [4.69, 9.17) is 16.3 Å². The van der Waals surface area contributed by atoms with Crippen molar-refractivity contribution in [3.63, 3.8) is 0 Å². The van der Waals surface area contributed by atoms with Gasteiger partial charge in [-0.25, -0.2) is 9.37 Å². The van der Waals surface area contributed by atoms with Crippen LogP contribution in [0.3, 0.4) is 0 Å². The van der Waals surface area contributed by atoms with Crippen LogP contribution in [0.25, 0.3) is 11.4 Å². The van der Waals surface area contributed by atoms with Crippen LogP contribution in [-0.4, -0.2) is 22.6 Å². The lowest BCUT2D eigenvalue weighted by Crippen LogP contribution is -2.16. The summed E-state index contributed by atoms with van der Waals surface area (Å²) in [6.07, 6.45) is 3.81. The van der Waals surface area contributed by atoms with E-state index in [-0.39, 0.29) is 11.7 Å². The van der Waals surface area contributed by atoms with Gasteiger partial charge in [0.2, 0.25) is 0 Å². The van der Waals surface area contributed by atoms with Gasteiger partial charge in [-0.1, -0.05) is 30.2 Å². The quantitative estimate of drug-likeness (QED) is 0.586. The van der Waals surface area contributed by atoms with Crippen molar-refractivity contribution in [1.82, 2.24) is 9.55 Å². The first-order valence-corrected chi connectivity index (χ1v) is 10.4. The molecule has 2 aromatic carbocycles. The van der Waals surface area contributed by atoms with Crippen LogP contribution in [0.15, 0.2) is 36.4 Å². The predicted octanol–water partition coefficient (Wildman–Crippen LogP) is 5.64. The van der Waals surface area contributed by atoms with Crippen molar-refractivity contribution in [3.05, 3.63) is 64.2 Å². The van der Waals surface area contributed by atoms with Gasteiger partial charge in [0.15, 0.2) is 0 Å². The predicted molar refractivity (Wildman–Crippen MR) is 116 cm³/mol. The summed E-state index contributed by atoms with van der Waals surface area (Å²) in [6.45, 7) is 2.62. The minimum Gasteiger partial charge on any atom is -0.495 e. The number of imidazole rings is 1. The van der Waals surface area contributed by atoms with Crippen molar-refractivity contribution in [1.29, 1.82) is 0 Å². The fraction of sp³-hybridized carbons (Fsp3) is 0.304. The molecule has 0 atom stereocenters. The van der Waals surface area contributed by atoms with Gasteiger partial charge in [0.1, 0.15) is 23.1 Å². The molecule has 0 saturated heterocycles. The molecule has 0 radical (unpaired) electrons. The van der Waals surface area contributed by atoms with Crippen molar-refractivity contribution in [2.24, 2.45) is 0 Å². The van der Waals surface area contributed by atoms with Crippen LogP contribution in [0.4, 0.5) is 10.1 Å². The van der Waals surface area contributed by atoms with Gasteiger partial charge in [0, 0.05) is 23.2 Å². The van der Waals surface area contributed by atoms with E-state index < -0.39 is 0 Å². The van der Waals surface area contributed by atoms with E-state index in [1.807, 2.05) is 13.0 Å². The van der Waals surface area contributed by atoms with Gasteiger partial charge in [0.25, 0.3) is 5.91 Å². The van der Waals surface area contributed by atoms with Crippen LogP contribution < -0.4 is 10.1 Å². The summed E-state index contributed by atoms with van der Waals surface area (Å²) in [7, 11) is 1.53. The van der Waals surface area contributed by atoms with Gasteiger partial charge in [0.05, 0.1) is 18.5 Å². The second-order valence-corrected chi connectivity index (χ2v) is 7.87. The molecule has 5 nitrogen and oxygen atoms in total. The number of amides is 1. The van der Waals surface area contributed by atoms with Gasteiger partial charge >= 0.3 is 0 Å². The zero-order valence-corrected chi connectivity index (χ0v) is 17.7. The van der Waals surface area contributed by atoms with E-state index >= 15 is 0 Å². The lowest BCUT2D eigenvalue weighted by atomic mass is 10.1. The van der Waals surface area contributed by atoms with E-state index in [1.165, 1.54) is 19.2 Å². The molecule has 156 valence electrons. The Hall–Kier alpha value is -2.86. The summed E-state index contributed by atoms with van der Waals surface area (Å²) in [5, 5.41) is 3.48. The number of hydrogen-bond acceptors (Lipinski definition) is 3. The summed E-state index contributed by atoms with van der Waals surface area (Å²) >= 11 is 6.18. The second-order valence-electron chi connectivity index (χ2n) is 7.46. The molecule has 4 rings (SSSR count). The molecule has 0 spiro atoms. The summed E-state index contributed by atoms with van der Waals surface area (Å²) < 4.78 is 21.3. The molecule has 1 N–H and O–H groups in total. The number of carbonyl (C=O) groups is 1. The van der Waals surface area contributed by atoms with E-state index in [0.29, 0.717) is 33.5 Å². The maximum atomic E-state index is 13.8. The number of hydrogen-bond donors (Lipinski definition) is 1. The number of rotatable bonds is 4. The van der Waals surface area contributed by atoms with E-state index in [9.17, 15) is 9.18 Å². The van der Waals surface area contributed by atoms with Crippen molar-refractivity contribution >= 4 is 23.2 Å². The number of fused-ring (bicyclic) bond motifs is 1. The lowest BCUT2D eigenvalue weighted by molar-refractivity contribution is 0.102. The number of nitrogens with zero attached hydrogens (tertiary/aromatic N) is 2. The monoisotopic (exact) mass is 427 g/mol. The fourth-order valence-electron chi connectivity index (χ4n) is 3.86. The molecule has 1 aliphatic heterocycles. The highest BCUT2D eigenvalue weighted by molar-refractivity contribution is 6.31. The average Bonchev–Trinajstić information content (AvgIpc) is 2.92. The minimum absolute atomic E-state index is 0.316. The third kappa shape index (κ3) is 3.92. The Morgan fingerprint density at radius 2 is 2.07 bits per heavy atom. The average molecular weight is 428 g/mol. The molecule has 1 aromatic heterocycles. The molecular weight excluding hydrogens is 405 g/mol. The number of carbonyl (C=O) groups excluding carboxylic acids is 1. The zero-order valence-electron chi connectivity index (χ0n) is 17.0. The van der Waals surface area contributed by atoms with E-state index in [2.05, 4.69) is 14.9 Å². The van der Waals surface area contributed by atoms with Gasteiger partial charge in [-0.15, -0.1) is 0 Å². The Morgan fingerprint density at radius 3 is 2.83 bits per heavy atom. The summed E-state index contributed by atoms with van der Waals surface area (Å²) in [5.74, 6) is 0.458. The molecular formula is C23H23ClFN3O2. The van der Waals surface area contributed by atoms with Crippen LogP contribution in [0, 0.1) is 12.7 Å². The molecule has 0 aliphatic carbocycles. The SMILES string of the molecule is COc1cc(Cl)c(C)cc1NC(=O)c1nc(-c2cccc(F)c2)n2c1CCCCC2. The minimum atomic E-state index is -0.328.